The van der Waals surface area contributed by atoms with Crippen LogP contribution in [0.2, 0.25) is 4.34 Å². The molecule has 0 aromatic carbocycles. The highest BCUT2D eigenvalue weighted by molar-refractivity contribution is 7.18. The number of ketones is 1. The van der Waals surface area contributed by atoms with Crippen molar-refractivity contribution in [2.75, 3.05) is 26.2 Å². The summed E-state index contributed by atoms with van der Waals surface area (Å²) < 4.78 is 0.693. The number of carbonyl (C=O) groups is 1. The van der Waals surface area contributed by atoms with Crippen molar-refractivity contribution in [3.05, 3.63) is 21.3 Å². The van der Waals surface area contributed by atoms with Gasteiger partial charge in [0.05, 0.1) is 15.8 Å². The van der Waals surface area contributed by atoms with Gasteiger partial charge in [-0.2, -0.15) is 0 Å². The zero-order valence-corrected chi connectivity index (χ0v) is 13.4. The van der Waals surface area contributed by atoms with Crippen molar-refractivity contribution in [2.24, 2.45) is 0 Å². The number of piperazine rings is 1. The van der Waals surface area contributed by atoms with E-state index in [2.05, 4.69) is 16.7 Å². The van der Waals surface area contributed by atoms with Gasteiger partial charge in [0.25, 0.3) is 0 Å². The normalized spacial score (nSPS) is 28.3. The molecule has 3 heterocycles. The first-order chi connectivity index (χ1) is 9.63. The number of hydrogen-bond acceptors (Lipinski definition) is 4. The molecule has 0 aliphatic carbocycles. The Hall–Kier alpha value is -0.420. The average molecular weight is 313 g/mol. The molecule has 0 radical (unpaired) electrons. The first-order valence-electron chi connectivity index (χ1n) is 7.40. The minimum absolute atomic E-state index is 0.206. The fourth-order valence-corrected chi connectivity index (χ4v) is 4.33. The molecule has 2 fully saturated rings. The van der Waals surface area contributed by atoms with Crippen molar-refractivity contribution in [3.63, 3.8) is 0 Å². The zero-order chi connectivity index (χ0) is 14.1. The number of piperidine rings is 1. The summed E-state index contributed by atoms with van der Waals surface area (Å²) in [5.74, 6) is 0.206. The SMILES string of the molecule is CC1CN2CCCCC2CN1CC(=O)c1ccc(Cl)s1. The third-order valence-electron chi connectivity index (χ3n) is 4.51. The van der Waals surface area contributed by atoms with E-state index < -0.39 is 0 Å². The molecule has 2 unspecified atom stereocenters. The molecule has 0 spiro atoms. The second kappa shape index (κ2) is 6.14. The van der Waals surface area contributed by atoms with Crippen LogP contribution in [0.3, 0.4) is 0 Å². The highest BCUT2D eigenvalue weighted by atomic mass is 35.5. The molecule has 110 valence electrons. The van der Waals surface area contributed by atoms with E-state index in [4.69, 9.17) is 11.6 Å². The number of thiophene rings is 1. The number of nitrogens with zero attached hydrogens (tertiary/aromatic N) is 2. The van der Waals surface area contributed by atoms with E-state index in [1.807, 2.05) is 12.1 Å². The summed E-state index contributed by atoms with van der Waals surface area (Å²) in [7, 11) is 0. The van der Waals surface area contributed by atoms with E-state index >= 15 is 0 Å². The highest BCUT2D eigenvalue weighted by Gasteiger charge is 2.33. The number of fused-ring (bicyclic) bond motifs is 1. The molecule has 0 saturated carbocycles. The van der Waals surface area contributed by atoms with Gasteiger partial charge in [0.2, 0.25) is 0 Å². The lowest BCUT2D eigenvalue weighted by Gasteiger charge is -2.47. The van der Waals surface area contributed by atoms with Gasteiger partial charge in [0.1, 0.15) is 0 Å². The summed E-state index contributed by atoms with van der Waals surface area (Å²) in [4.78, 5) is 18.1. The molecular weight excluding hydrogens is 292 g/mol. The van der Waals surface area contributed by atoms with Gasteiger partial charge in [0, 0.05) is 25.2 Å². The maximum Gasteiger partial charge on any atom is 0.186 e. The van der Waals surface area contributed by atoms with Crippen molar-refractivity contribution in [3.8, 4) is 0 Å². The van der Waals surface area contributed by atoms with Crippen LogP contribution >= 0.6 is 22.9 Å². The van der Waals surface area contributed by atoms with Crippen LogP contribution in [0.1, 0.15) is 35.9 Å². The molecule has 2 atom stereocenters. The van der Waals surface area contributed by atoms with Crippen LogP contribution in [0.5, 0.6) is 0 Å². The standard InChI is InChI=1S/C15H21ClN2OS/c1-11-8-17-7-3-2-4-12(17)9-18(11)10-13(19)14-5-6-15(16)20-14/h5-6,11-12H,2-4,7-10H2,1H3. The van der Waals surface area contributed by atoms with Gasteiger partial charge < -0.3 is 0 Å². The number of carbonyl (C=O) groups excluding carboxylic acids is 1. The summed E-state index contributed by atoms with van der Waals surface area (Å²) in [5.41, 5.74) is 0. The minimum atomic E-state index is 0.206. The van der Waals surface area contributed by atoms with Crippen LogP contribution in [0, 0.1) is 0 Å². The van der Waals surface area contributed by atoms with Gasteiger partial charge in [-0.3, -0.25) is 14.6 Å². The van der Waals surface area contributed by atoms with E-state index in [9.17, 15) is 4.79 Å². The molecule has 2 aliphatic rings. The third kappa shape index (κ3) is 3.08. The van der Waals surface area contributed by atoms with Crippen molar-refractivity contribution in [1.82, 2.24) is 9.80 Å². The molecule has 5 heteroatoms. The van der Waals surface area contributed by atoms with Crippen LogP contribution in [0.15, 0.2) is 12.1 Å². The molecule has 3 nitrogen and oxygen atoms in total. The summed E-state index contributed by atoms with van der Waals surface area (Å²) in [6.45, 7) is 6.13. The average Bonchev–Trinajstić information content (AvgIpc) is 2.86. The predicted molar refractivity (Wildman–Crippen MR) is 83.9 cm³/mol. The summed E-state index contributed by atoms with van der Waals surface area (Å²) in [6, 6.07) is 4.77. The van der Waals surface area contributed by atoms with E-state index in [0.717, 1.165) is 18.0 Å². The molecule has 3 rings (SSSR count). The maximum atomic E-state index is 12.3. The van der Waals surface area contributed by atoms with Gasteiger partial charge in [-0.25, -0.2) is 0 Å². The number of hydrogen-bond donors (Lipinski definition) is 0. The summed E-state index contributed by atoms with van der Waals surface area (Å²) in [6.07, 6.45) is 3.94. The van der Waals surface area contributed by atoms with Crippen LogP contribution in [-0.2, 0) is 0 Å². The Labute approximate surface area is 129 Å². The number of rotatable bonds is 3. The Morgan fingerprint density at radius 1 is 1.40 bits per heavy atom. The second-order valence-electron chi connectivity index (χ2n) is 5.95. The summed E-state index contributed by atoms with van der Waals surface area (Å²) >= 11 is 7.30. The first-order valence-corrected chi connectivity index (χ1v) is 8.59. The van der Waals surface area contributed by atoms with Crippen molar-refractivity contribution < 1.29 is 4.79 Å². The lowest BCUT2D eigenvalue weighted by molar-refractivity contribution is 0.0167. The van der Waals surface area contributed by atoms with Crippen molar-refractivity contribution in [1.29, 1.82) is 0 Å². The van der Waals surface area contributed by atoms with E-state index in [1.54, 1.807) is 0 Å². The minimum Gasteiger partial charge on any atom is -0.298 e. The highest BCUT2D eigenvalue weighted by Crippen LogP contribution is 2.26. The Balaban J connectivity index is 1.63. The van der Waals surface area contributed by atoms with Gasteiger partial charge >= 0.3 is 0 Å². The van der Waals surface area contributed by atoms with Gasteiger partial charge in [0.15, 0.2) is 5.78 Å². The van der Waals surface area contributed by atoms with Crippen LogP contribution in [0.4, 0.5) is 0 Å². The molecule has 0 bridgehead atoms. The largest absolute Gasteiger partial charge is 0.298 e. The fourth-order valence-electron chi connectivity index (χ4n) is 3.36. The molecule has 2 saturated heterocycles. The molecule has 0 amide bonds. The molecule has 20 heavy (non-hydrogen) atoms. The fraction of sp³-hybridized carbons (Fsp3) is 0.667. The van der Waals surface area contributed by atoms with Crippen molar-refractivity contribution >= 4 is 28.7 Å². The lowest BCUT2D eigenvalue weighted by Crippen LogP contribution is -2.59. The Morgan fingerprint density at radius 3 is 3.00 bits per heavy atom. The van der Waals surface area contributed by atoms with E-state index in [-0.39, 0.29) is 5.78 Å². The number of Topliss-reactive ketones (excluding diaryl/α,β-unsaturated/α-hetero) is 1. The lowest BCUT2D eigenvalue weighted by atomic mass is 9.97. The molecule has 1 aromatic rings. The molecule has 0 N–H and O–H groups in total. The van der Waals surface area contributed by atoms with Crippen LogP contribution in [0.25, 0.3) is 0 Å². The summed E-state index contributed by atoms with van der Waals surface area (Å²) in [5, 5.41) is 0. The Morgan fingerprint density at radius 2 is 2.25 bits per heavy atom. The first kappa shape index (κ1) is 14.5. The van der Waals surface area contributed by atoms with Gasteiger partial charge in [-0.05, 0) is 38.4 Å². The van der Waals surface area contributed by atoms with Crippen LogP contribution < -0.4 is 0 Å². The number of halogens is 1. The Bertz CT molecular complexity index is 490. The van der Waals surface area contributed by atoms with Crippen molar-refractivity contribution in [2.45, 2.75) is 38.3 Å². The third-order valence-corrected chi connectivity index (χ3v) is 5.78. The van der Waals surface area contributed by atoms with Gasteiger partial charge in [-0.15, -0.1) is 11.3 Å². The van der Waals surface area contributed by atoms with Crippen LogP contribution in [-0.4, -0.2) is 53.8 Å². The quantitative estimate of drug-likeness (QED) is 0.801. The maximum absolute atomic E-state index is 12.3. The van der Waals surface area contributed by atoms with E-state index in [1.165, 1.54) is 37.1 Å². The molecule has 2 aliphatic heterocycles. The second-order valence-corrected chi connectivity index (χ2v) is 7.67. The molecular formula is C15H21ClN2OS. The zero-order valence-electron chi connectivity index (χ0n) is 11.8. The molecule has 1 aromatic heterocycles. The smallest absolute Gasteiger partial charge is 0.186 e. The van der Waals surface area contributed by atoms with Gasteiger partial charge in [-0.1, -0.05) is 18.0 Å². The Kier molecular flexibility index (Phi) is 4.46. The van der Waals surface area contributed by atoms with E-state index in [0.29, 0.717) is 23.0 Å². The topological polar surface area (TPSA) is 23.6 Å². The predicted octanol–water partition coefficient (Wildman–Crippen LogP) is 3.14. The monoisotopic (exact) mass is 312 g/mol.